The van der Waals surface area contributed by atoms with Crippen molar-refractivity contribution in [2.45, 2.75) is 38.8 Å². The minimum atomic E-state index is -0.432. The lowest BCUT2D eigenvalue weighted by molar-refractivity contribution is -0.137. The molecule has 0 bridgehead atoms. The van der Waals surface area contributed by atoms with Crippen molar-refractivity contribution in [3.8, 4) is 0 Å². The Kier molecular flexibility index (Phi) is 7.25. The highest BCUT2D eigenvalue weighted by Gasteiger charge is 2.18. The van der Waals surface area contributed by atoms with Gasteiger partial charge in [0.2, 0.25) is 6.23 Å². The molecule has 0 radical (unpaired) electrons. The maximum atomic E-state index is 10.7. The second-order valence-electron chi connectivity index (χ2n) is 4.26. The van der Waals surface area contributed by atoms with E-state index in [1.165, 1.54) is 31.9 Å². The molecule has 19 heavy (non-hydrogen) atoms. The SMILES string of the molecule is C=CCCCCC.O=C1C=NC(c2ccccc2)O1. The molecule has 3 heteroatoms. The molecule has 1 unspecified atom stereocenters. The first-order valence-electron chi connectivity index (χ1n) is 6.67. The molecule has 1 atom stereocenters. The summed E-state index contributed by atoms with van der Waals surface area (Å²) in [6.07, 6.45) is 7.93. The van der Waals surface area contributed by atoms with E-state index in [4.69, 9.17) is 4.74 Å². The van der Waals surface area contributed by atoms with E-state index in [9.17, 15) is 4.79 Å². The van der Waals surface area contributed by atoms with Gasteiger partial charge in [0.15, 0.2) is 0 Å². The smallest absolute Gasteiger partial charge is 0.351 e. The molecule has 1 aromatic carbocycles. The molecule has 0 saturated heterocycles. The normalized spacial score (nSPS) is 16.5. The number of rotatable bonds is 5. The van der Waals surface area contributed by atoms with E-state index in [1.54, 1.807) is 0 Å². The Morgan fingerprint density at radius 3 is 2.58 bits per heavy atom. The number of unbranched alkanes of at least 4 members (excludes halogenated alkanes) is 3. The third kappa shape index (κ3) is 6.00. The highest BCUT2D eigenvalue weighted by Crippen LogP contribution is 2.21. The van der Waals surface area contributed by atoms with Gasteiger partial charge in [-0.15, -0.1) is 6.58 Å². The summed E-state index contributed by atoms with van der Waals surface area (Å²) in [5.74, 6) is -0.371. The molecule has 0 aliphatic carbocycles. The van der Waals surface area contributed by atoms with Crippen LogP contribution in [-0.4, -0.2) is 12.2 Å². The van der Waals surface area contributed by atoms with Crippen LogP contribution in [0.3, 0.4) is 0 Å². The Labute approximate surface area is 115 Å². The van der Waals surface area contributed by atoms with E-state index in [0.717, 1.165) is 5.56 Å². The predicted octanol–water partition coefficient (Wildman–Crippen LogP) is 4.07. The zero-order valence-electron chi connectivity index (χ0n) is 11.4. The van der Waals surface area contributed by atoms with Crippen molar-refractivity contribution in [3.05, 3.63) is 48.6 Å². The van der Waals surface area contributed by atoms with Gasteiger partial charge in [0, 0.05) is 5.56 Å². The van der Waals surface area contributed by atoms with Crippen LogP contribution in [0.25, 0.3) is 0 Å². The van der Waals surface area contributed by atoms with Gasteiger partial charge < -0.3 is 4.74 Å². The number of ether oxygens (including phenoxy) is 1. The summed E-state index contributed by atoms with van der Waals surface area (Å²) in [4.78, 5) is 14.5. The Balaban J connectivity index is 0.000000224. The number of carbonyl (C=O) groups excluding carboxylic acids is 1. The van der Waals surface area contributed by atoms with Gasteiger partial charge in [0.1, 0.15) is 6.21 Å². The first-order chi connectivity index (χ1) is 9.27. The molecule has 0 amide bonds. The molecular formula is C16H21NO2. The number of allylic oxidation sites excluding steroid dienone is 1. The standard InChI is InChI=1S/C9H7NO2.C7H14/c11-8-6-10-9(12-8)7-4-2-1-3-5-7;1-3-5-7-6-4-2/h1-6,9H;3H,1,4-7H2,2H3. The van der Waals surface area contributed by atoms with Crippen LogP contribution in [0.2, 0.25) is 0 Å². The maximum absolute atomic E-state index is 10.7. The minimum Gasteiger partial charge on any atom is -0.431 e. The van der Waals surface area contributed by atoms with Gasteiger partial charge in [-0.2, -0.15) is 0 Å². The zero-order chi connectivity index (χ0) is 13.9. The van der Waals surface area contributed by atoms with Crippen molar-refractivity contribution in [1.29, 1.82) is 0 Å². The molecule has 0 spiro atoms. The van der Waals surface area contributed by atoms with Crippen LogP contribution in [0.5, 0.6) is 0 Å². The van der Waals surface area contributed by atoms with E-state index >= 15 is 0 Å². The summed E-state index contributed by atoms with van der Waals surface area (Å²) in [6.45, 7) is 5.84. The molecule has 1 heterocycles. The summed E-state index contributed by atoms with van der Waals surface area (Å²) in [6, 6.07) is 9.43. The van der Waals surface area contributed by atoms with Gasteiger partial charge in [0.25, 0.3) is 0 Å². The Morgan fingerprint density at radius 1 is 1.32 bits per heavy atom. The number of nitrogens with zero attached hydrogens (tertiary/aromatic N) is 1. The Bertz CT molecular complexity index is 412. The third-order valence-corrected chi connectivity index (χ3v) is 2.64. The molecule has 0 saturated carbocycles. The van der Waals surface area contributed by atoms with E-state index in [0.29, 0.717) is 0 Å². The van der Waals surface area contributed by atoms with Gasteiger partial charge in [-0.3, -0.25) is 0 Å². The summed E-state index contributed by atoms with van der Waals surface area (Å²) in [7, 11) is 0. The van der Waals surface area contributed by atoms with Crippen molar-refractivity contribution in [3.63, 3.8) is 0 Å². The molecule has 3 nitrogen and oxygen atoms in total. The van der Waals surface area contributed by atoms with Crippen LogP contribution >= 0.6 is 0 Å². The number of hydrogen-bond donors (Lipinski definition) is 0. The van der Waals surface area contributed by atoms with Gasteiger partial charge in [-0.05, 0) is 12.8 Å². The second kappa shape index (κ2) is 9.09. The third-order valence-electron chi connectivity index (χ3n) is 2.64. The number of benzene rings is 1. The van der Waals surface area contributed by atoms with Crippen molar-refractivity contribution in [1.82, 2.24) is 0 Å². The van der Waals surface area contributed by atoms with Crippen LogP contribution in [0, 0.1) is 0 Å². The number of hydrogen-bond acceptors (Lipinski definition) is 3. The first kappa shape index (κ1) is 15.2. The zero-order valence-corrected chi connectivity index (χ0v) is 11.4. The molecule has 0 aromatic heterocycles. The van der Waals surface area contributed by atoms with Gasteiger partial charge in [-0.25, -0.2) is 9.79 Å². The number of carbonyl (C=O) groups is 1. The van der Waals surface area contributed by atoms with Crippen molar-refractivity contribution >= 4 is 12.2 Å². The molecule has 2 rings (SSSR count). The fraction of sp³-hybridized carbons (Fsp3) is 0.375. The topological polar surface area (TPSA) is 38.7 Å². The van der Waals surface area contributed by atoms with Crippen LogP contribution < -0.4 is 0 Å². The highest BCUT2D eigenvalue weighted by molar-refractivity contribution is 6.24. The summed E-state index contributed by atoms with van der Waals surface area (Å²) in [5.41, 5.74) is 0.902. The van der Waals surface area contributed by atoms with Crippen LogP contribution in [0.1, 0.15) is 44.4 Å². The second-order valence-corrected chi connectivity index (χ2v) is 4.26. The van der Waals surface area contributed by atoms with Crippen molar-refractivity contribution in [2.75, 3.05) is 0 Å². The molecule has 0 N–H and O–H groups in total. The average molecular weight is 259 g/mol. The van der Waals surface area contributed by atoms with E-state index < -0.39 is 6.23 Å². The van der Waals surface area contributed by atoms with E-state index in [-0.39, 0.29) is 5.97 Å². The fourth-order valence-electron chi connectivity index (χ4n) is 1.61. The quantitative estimate of drug-likeness (QED) is 0.454. The fourth-order valence-corrected chi connectivity index (χ4v) is 1.61. The number of esters is 1. The van der Waals surface area contributed by atoms with Gasteiger partial charge in [-0.1, -0.05) is 56.2 Å². The van der Waals surface area contributed by atoms with Gasteiger partial charge in [0.05, 0.1) is 0 Å². The number of aliphatic imine (C=N–C) groups is 1. The van der Waals surface area contributed by atoms with Crippen molar-refractivity contribution in [2.24, 2.45) is 4.99 Å². The molecular weight excluding hydrogens is 238 g/mol. The van der Waals surface area contributed by atoms with Crippen LogP contribution in [-0.2, 0) is 9.53 Å². The molecule has 102 valence electrons. The van der Waals surface area contributed by atoms with Gasteiger partial charge >= 0.3 is 5.97 Å². The molecule has 0 fully saturated rings. The summed E-state index contributed by atoms with van der Waals surface area (Å²) in [5, 5.41) is 0. The number of cyclic esters (lactones) is 1. The monoisotopic (exact) mass is 259 g/mol. The van der Waals surface area contributed by atoms with E-state index in [2.05, 4.69) is 18.5 Å². The lowest BCUT2D eigenvalue weighted by atomic mass is 10.2. The van der Waals surface area contributed by atoms with Crippen molar-refractivity contribution < 1.29 is 9.53 Å². The predicted molar refractivity (Wildman–Crippen MR) is 78.1 cm³/mol. The summed E-state index contributed by atoms with van der Waals surface area (Å²) < 4.78 is 4.89. The lowest BCUT2D eigenvalue weighted by Gasteiger charge is -2.05. The maximum Gasteiger partial charge on any atom is 0.351 e. The highest BCUT2D eigenvalue weighted by atomic mass is 16.6. The Hall–Kier alpha value is -1.90. The van der Waals surface area contributed by atoms with Crippen LogP contribution in [0.4, 0.5) is 0 Å². The molecule has 1 aliphatic rings. The minimum absolute atomic E-state index is 0.371. The average Bonchev–Trinajstić information content (AvgIpc) is 2.88. The first-order valence-corrected chi connectivity index (χ1v) is 6.67. The molecule has 1 aromatic rings. The Morgan fingerprint density at radius 2 is 2.05 bits per heavy atom. The van der Waals surface area contributed by atoms with E-state index in [1.807, 2.05) is 36.4 Å². The summed E-state index contributed by atoms with van der Waals surface area (Å²) >= 11 is 0. The largest absolute Gasteiger partial charge is 0.431 e. The van der Waals surface area contributed by atoms with Crippen LogP contribution in [0.15, 0.2) is 48.0 Å². The lowest BCUT2D eigenvalue weighted by Crippen LogP contribution is -2.00. The molecule has 1 aliphatic heterocycles.